The van der Waals surface area contributed by atoms with Gasteiger partial charge in [-0.3, -0.25) is 9.36 Å². The fourth-order valence-corrected chi connectivity index (χ4v) is 3.73. The number of thiophene rings is 1. The Bertz CT molecular complexity index is 1060. The van der Waals surface area contributed by atoms with E-state index in [1.54, 1.807) is 23.0 Å². The number of aryl methyl sites for hydroxylation is 1. The maximum absolute atomic E-state index is 12.8. The summed E-state index contributed by atoms with van der Waals surface area (Å²) >= 11 is 1.39. The number of pyridine rings is 2. The van der Waals surface area contributed by atoms with Crippen LogP contribution in [0, 0.1) is 6.92 Å². The van der Waals surface area contributed by atoms with Crippen molar-refractivity contribution in [2.24, 2.45) is 0 Å². The summed E-state index contributed by atoms with van der Waals surface area (Å²) in [5.74, 6) is 0. The first-order valence-corrected chi connectivity index (χ1v) is 7.72. The SMILES string of the molecule is Cc1ccc(-n2ccc3c(sc4nccc(N)c43)c2=O)cc1. The molecule has 0 aliphatic rings. The summed E-state index contributed by atoms with van der Waals surface area (Å²) in [7, 11) is 0. The zero-order valence-corrected chi connectivity index (χ0v) is 12.7. The minimum atomic E-state index is -0.0382. The number of fused-ring (bicyclic) bond motifs is 3. The van der Waals surface area contributed by atoms with Gasteiger partial charge in [0.2, 0.25) is 0 Å². The van der Waals surface area contributed by atoms with Gasteiger partial charge in [-0.2, -0.15) is 0 Å². The Kier molecular flexibility index (Phi) is 2.77. The number of nitrogens with zero attached hydrogens (tertiary/aromatic N) is 2. The Morgan fingerprint density at radius 1 is 1.14 bits per heavy atom. The number of benzene rings is 1. The molecule has 0 aliphatic carbocycles. The van der Waals surface area contributed by atoms with E-state index in [2.05, 4.69) is 4.98 Å². The molecule has 0 aliphatic heterocycles. The largest absolute Gasteiger partial charge is 0.398 e. The average Bonchev–Trinajstić information content (AvgIpc) is 2.90. The first-order chi connectivity index (χ1) is 10.6. The molecule has 108 valence electrons. The zero-order chi connectivity index (χ0) is 15.3. The van der Waals surface area contributed by atoms with E-state index in [0.29, 0.717) is 10.4 Å². The van der Waals surface area contributed by atoms with E-state index in [1.807, 2.05) is 37.3 Å². The van der Waals surface area contributed by atoms with Gasteiger partial charge in [-0.25, -0.2) is 4.98 Å². The predicted molar refractivity (Wildman–Crippen MR) is 91.9 cm³/mol. The third kappa shape index (κ3) is 1.83. The number of nitrogen functional groups attached to an aromatic ring is 1. The summed E-state index contributed by atoms with van der Waals surface area (Å²) in [6.45, 7) is 2.02. The Labute approximate surface area is 130 Å². The molecule has 5 heteroatoms. The molecular formula is C17H13N3OS. The highest BCUT2D eigenvalue weighted by Crippen LogP contribution is 2.33. The molecule has 2 N–H and O–H groups in total. The molecule has 1 aromatic carbocycles. The molecule has 0 bridgehead atoms. The summed E-state index contributed by atoms with van der Waals surface area (Å²) in [4.78, 5) is 17.9. The average molecular weight is 307 g/mol. The lowest BCUT2D eigenvalue weighted by Crippen LogP contribution is -2.16. The maximum Gasteiger partial charge on any atom is 0.273 e. The molecular weight excluding hydrogens is 294 g/mol. The van der Waals surface area contributed by atoms with Gasteiger partial charge < -0.3 is 5.73 Å². The first-order valence-electron chi connectivity index (χ1n) is 6.90. The minimum absolute atomic E-state index is 0.0382. The van der Waals surface area contributed by atoms with Crippen LogP contribution in [-0.4, -0.2) is 9.55 Å². The van der Waals surface area contributed by atoms with Crippen LogP contribution in [0.2, 0.25) is 0 Å². The van der Waals surface area contributed by atoms with Gasteiger partial charge in [-0.1, -0.05) is 17.7 Å². The third-order valence-electron chi connectivity index (χ3n) is 3.78. The molecule has 0 saturated heterocycles. The number of aromatic nitrogens is 2. The Balaban J connectivity index is 2.06. The molecule has 4 nitrogen and oxygen atoms in total. The fraction of sp³-hybridized carbons (Fsp3) is 0.0588. The summed E-state index contributed by atoms with van der Waals surface area (Å²) < 4.78 is 2.34. The van der Waals surface area contributed by atoms with Crippen LogP contribution in [0.1, 0.15) is 5.56 Å². The highest BCUT2D eigenvalue weighted by Gasteiger charge is 2.13. The molecule has 0 spiro atoms. The van der Waals surface area contributed by atoms with Crippen LogP contribution in [0.15, 0.2) is 53.6 Å². The second-order valence-electron chi connectivity index (χ2n) is 5.25. The van der Waals surface area contributed by atoms with E-state index in [1.165, 1.54) is 11.3 Å². The van der Waals surface area contributed by atoms with E-state index in [4.69, 9.17) is 5.73 Å². The highest BCUT2D eigenvalue weighted by molar-refractivity contribution is 7.25. The maximum atomic E-state index is 12.8. The van der Waals surface area contributed by atoms with E-state index >= 15 is 0 Å². The number of hydrogen-bond donors (Lipinski definition) is 1. The molecule has 0 atom stereocenters. The van der Waals surface area contributed by atoms with Crippen LogP contribution in [0.4, 0.5) is 5.69 Å². The lowest BCUT2D eigenvalue weighted by molar-refractivity contribution is 1.01. The monoisotopic (exact) mass is 307 g/mol. The van der Waals surface area contributed by atoms with Gasteiger partial charge in [0.15, 0.2) is 0 Å². The van der Waals surface area contributed by atoms with E-state index in [0.717, 1.165) is 26.9 Å². The van der Waals surface area contributed by atoms with Crippen LogP contribution in [0.25, 0.3) is 26.0 Å². The smallest absolute Gasteiger partial charge is 0.273 e. The molecule has 4 aromatic rings. The molecule has 3 heterocycles. The van der Waals surface area contributed by atoms with Gasteiger partial charge in [0, 0.05) is 34.5 Å². The quantitative estimate of drug-likeness (QED) is 0.585. The van der Waals surface area contributed by atoms with Crippen LogP contribution in [0.5, 0.6) is 0 Å². The van der Waals surface area contributed by atoms with Gasteiger partial charge in [0.05, 0.1) is 0 Å². The molecule has 22 heavy (non-hydrogen) atoms. The van der Waals surface area contributed by atoms with Crippen molar-refractivity contribution in [2.75, 3.05) is 5.73 Å². The summed E-state index contributed by atoms with van der Waals surface area (Å²) in [6, 6.07) is 11.6. The summed E-state index contributed by atoms with van der Waals surface area (Å²) in [6.07, 6.45) is 3.47. The number of anilines is 1. The lowest BCUT2D eigenvalue weighted by Gasteiger charge is -2.06. The van der Waals surface area contributed by atoms with Crippen molar-refractivity contribution in [2.45, 2.75) is 6.92 Å². The Hall–Kier alpha value is -2.66. The molecule has 0 unspecified atom stereocenters. The van der Waals surface area contributed by atoms with Gasteiger partial charge in [-0.15, -0.1) is 11.3 Å². The van der Waals surface area contributed by atoms with E-state index in [-0.39, 0.29) is 5.56 Å². The molecule has 4 rings (SSSR count). The second-order valence-corrected chi connectivity index (χ2v) is 6.25. The van der Waals surface area contributed by atoms with Crippen LogP contribution >= 0.6 is 11.3 Å². The van der Waals surface area contributed by atoms with E-state index in [9.17, 15) is 4.79 Å². The number of rotatable bonds is 1. The van der Waals surface area contributed by atoms with E-state index < -0.39 is 0 Å². The molecule has 0 fully saturated rings. The summed E-state index contributed by atoms with van der Waals surface area (Å²) in [5.41, 5.74) is 8.68. The molecule has 0 amide bonds. The predicted octanol–water partition coefficient (Wildman–Crippen LogP) is 3.49. The van der Waals surface area contributed by atoms with Crippen molar-refractivity contribution in [1.29, 1.82) is 0 Å². The lowest BCUT2D eigenvalue weighted by atomic mass is 10.2. The normalized spacial score (nSPS) is 11.3. The Morgan fingerprint density at radius 3 is 2.68 bits per heavy atom. The highest BCUT2D eigenvalue weighted by atomic mass is 32.1. The van der Waals surface area contributed by atoms with Crippen molar-refractivity contribution >= 4 is 37.3 Å². The molecule has 3 aromatic heterocycles. The second kappa shape index (κ2) is 4.68. The Morgan fingerprint density at radius 2 is 1.91 bits per heavy atom. The van der Waals surface area contributed by atoms with Crippen LogP contribution in [0.3, 0.4) is 0 Å². The van der Waals surface area contributed by atoms with Crippen molar-refractivity contribution in [3.63, 3.8) is 0 Å². The zero-order valence-electron chi connectivity index (χ0n) is 11.9. The van der Waals surface area contributed by atoms with Gasteiger partial charge >= 0.3 is 0 Å². The van der Waals surface area contributed by atoms with Gasteiger partial charge in [0.1, 0.15) is 9.53 Å². The van der Waals surface area contributed by atoms with Gasteiger partial charge in [0.25, 0.3) is 5.56 Å². The molecule has 0 radical (unpaired) electrons. The minimum Gasteiger partial charge on any atom is -0.398 e. The third-order valence-corrected chi connectivity index (χ3v) is 4.88. The fourth-order valence-electron chi connectivity index (χ4n) is 2.62. The summed E-state index contributed by atoms with van der Waals surface area (Å²) in [5, 5.41) is 1.75. The van der Waals surface area contributed by atoms with Crippen LogP contribution < -0.4 is 11.3 Å². The van der Waals surface area contributed by atoms with Crippen molar-refractivity contribution in [3.8, 4) is 5.69 Å². The standard InChI is InChI=1S/C17H13N3OS/c1-10-2-4-11(5-3-10)20-9-7-12-14-13(18)6-8-19-16(14)22-15(12)17(20)21/h2-9H,1H3,(H2,18,19). The van der Waals surface area contributed by atoms with Crippen molar-refractivity contribution in [3.05, 3.63) is 64.7 Å². The molecule has 0 saturated carbocycles. The number of nitrogens with two attached hydrogens (primary N) is 1. The van der Waals surface area contributed by atoms with Gasteiger partial charge in [-0.05, 0) is 31.2 Å². The van der Waals surface area contributed by atoms with Crippen LogP contribution in [-0.2, 0) is 0 Å². The van der Waals surface area contributed by atoms with Crippen molar-refractivity contribution in [1.82, 2.24) is 9.55 Å². The van der Waals surface area contributed by atoms with Crippen molar-refractivity contribution < 1.29 is 0 Å². The topological polar surface area (TPSA) is 60.9 Å². The number of hydrogen-bond acceptors (Lipinski definition) is 4. The first kappa shape index (κ1) is 13.0.